The third-order valence-corrected chi connectivity index (χ3v) is 5.97. The molecule has 1 aliphatic carbocycles. The highest BCUT2D eigenvalue weighted by molar-refractivity contribution is 7.80. The van der Waals surface area contributed by atoms with Gasteiger partial charge in [0, 0.05) is 16.6 Å². The molecule has 0 spiro atoms. The van der Waals surface area contributed by atoms with Crippen molar-refractivity contribution in [2.45, 2.75) is 38.1 Å². The molecule has 1 saturated carbocycles. The van der Waals surface area contributed by atoms with E-state index in [0.29, 0.717) is 33.1 Å². The Morgan fingerprint density at radius 3 is 2.56 bits per heavy atom. The van der Waals surface area contributed by atoms with Crippen molar-refractivity contribution in [3.63, 3.8) is 0 Å². The predicted octanol–water partition coefficient (Wildman–Crippen LogP) is 5.84. The van der Waals surface area contributed by atoms with E-state index in [-0.39, 0.29) is 0 Å². The number of hydrazone groups is 1. The van der Waals surface area contributed by atoms with Crippen molar-refractivity contribution in [2.75, 3.05) is 0 Å². The lowest BCUT2D eigenvalue weighted by Gasteiger charge is -2.23. The molecule has 0 aliphatic heterocycles. The molecule has 32 heavy (non-hydrogen) atoms. The van der Waals surface area contributed by atoms with E-state index < -0.39 is 5.97 Å². The molecule has 0 heterocycles. The monoisotopic (exact) mass is 465 g/mol. The summed E-state index contributed by atoms with van der Waals surface area (Å²) in [6, 6.07) is 18.5. The van der Waals surface area contributed by atoms with Crippen LogP contribution in [0, 0.1) is 0 Å². The molecule has 3 aromatic carbocycles. The molecule has 0 saturated heterocycles. The largest absolute Gasteiger partial charge is 0.422 e. The van der Waals surface area contributed by atoms with E-state index in [1.807, 2.05) is 30.3 Å². The van der Waals surface area contributed by atoms with Crippen molar-refractivity contribution >= 4 is 51.9 Å². The van der Waals surface area contributed by atoms with Gasteiger partial charge in [0.1, 0.15) is 5.75 Å². The number of rotatable bonds is 5. The average molecular weight is 466 g/mol. The third kappa shape index (κ3) is 5.64. The lowest BCUT2D eigenvalue weighted by molar-refractivity contribution is 0.0735. The van der Waals surface area contributed by atoms with Crippen LogP contribution in [-0.4, -0.2) is 23.3 Å². The van der Waals surface area contributed by atoms with Crippen LogP contribution in [0.2, 0.25) is 5.02 Å². The van der Waals surface area contributed by atoms with E-state index in [2.05, 4.69) is 15.8 Å². The van der Waals surface area contributed by atoms with Gasteiger partial charge in [-0.25, -0.2) is 4.79 Å². The minimum Gasteiger partial charge on any atom is -0.422 e. The van der Waals surface area contributed by atoms with Crippen molar-refractivity contribution in [3.05, 3.63) is 76.8 Å². The van der Waals surface area contributed by atoms with Crippen LogP contribution in [0.4, 0.5) is 0 Å². The second-order valence-corrected chi connectivity index (χ2v) is 8.62. The van der Waals surface area contributed by atoms with Gasteiger partial charge >= 0.3 is 5.97 Å². The SMILES string of the molecule is O=C(Oc1ccc2ccccc2c1/C=N\NC(=S)NC1CCCCC1)c1ccc(Cl)cc1. The zero-order chi connectivity index (χ0) is 22.3. The van der Waals surface area contributed by atoms with Gasteiger partial charge in [0.2, 0.25) is 0 Å². The smallest absolute Gasteiger partial charge is 0.343 e. The van der Waals surface area contributed by atoms with E-state index in [0.717, 1.165) is 23.6 Å². The fourth-order valence-electron chi connectivity index (χ4n) is 3.86. The number of ether oxygens (including phenoxy) is 1. The first-order valence-corrected chi connectivity index (χ1v) is 11.5. The van der Waals surface area contributed by atoms with Gasteiger partial charge in [-0.2, -0.15) is 5.10 Å². The molecule has 3 aromatic rings. The molecule has 0 unspecified atom stereocenters. The zero-order valence-corrected chi connectivity index (χ0v) is 19.1. The molecule has 164 valence electrons. The van der Waals surface area contributed by atoms with Gasteiger partial charge in [-0.15, -0.1) is 0 Å². The first-order valence-electron chi connectivity index (χ1n) is 10.7. The molecule has 0 bridgehead atoms. The zero-order valence-electron chi connectivity index (χ0n) is 17.5. The maximum atomic E-state index is 12.7. The molecule has 0 amide bonds. The van der Waals surface area contributed by atoms with Crippen LogP contribution in [0.3, 0.4) is 0 Å². The molecule has 1 aliphatic rings. The van der Waals surface area contributed by atoms with Crippen molar-refractivity contribution in [3.8, 4) is 5.75 Å². The molecule has 5 nitrogen and oxygen atoms in total. The standard InChI is InChI=1S/C25H24ClN3O2S/c26-19-13-10-18(11-14-19)24(30)31-23-15-12-17-6-4-5-9-21(17)22(23)16-27-29-25(32)28-20-7-2-1-3-8-20/h4-6,9-16,20H,1-3,7-8H2,(H2,28,29,32)/b27-16-. The van der Waals surface area contributed by atoms with Crippen molar-refractivity contribution in [1.82, 2.24) is 10.7 Å². The maximum absolute atomic E-state index is 12.7. The Hall–Kier alpha value is -2.96. The van der Waals surface area contributed by atoms with Gasteiger partial charge in [-0.05, 0) is 66.2 Å². The van der Waals surface area contributed by atoms with Crippen molar-refractivity contribution < 1.29 is 9.53 Å². The number of nitrogens with one attached hydrogen (secondary N) is 2. The Kier molecular flexibility index (Phi) is 7.35. The third-order valence-electron chi connectivity index (χ3n) is 5.51. The number of carbonyl (C=O) groups excluding carboxylic acids is 1. The summed E-state index contributed by atoms with van der Waals surface area (Å²) >= 11 is 11.3. The molecular weight excluding hydrogens is 442 g/mol. The second-order valence-electron chi connectivity index (χ2n) is 7.77. The fourth-order valence-corrected chi connectivity index (χ4v) is 4.21. The summed E-state index contributed by atoms with van der Waals surface area (Å²) in [5.74, 6) is -0.0469. The van der Waals surface area contributed by atoms with Crippen LogP contribution >= 0.6 is 23.8 Å². The Labute approximate surface area is 197 Å². The van der Waals surface area contributed by atoms with Crippen molar-refractivity contribution in [1.29, 1.82) is 0 Å². The minimum absolute atomic E-state index is 0.396. The van der Waals surface area contributed by atoms with Gasteiger partial charge in [0.25, 0.3) is 0 Å². The summed E-state index contributed by atoms with van der Waals surface area (Å²) in [5, 5.41) is 10.6. The van der Waals surface area contributed by atoms with Crippen LogP contribution in [0.5, 0.6) is 5.75 Å². The molecule has 7 heteroatoms. The molecule has 0 aromatic heterocycles. The van der Waals surface area contributed by atoms with Crippen LogP contribution in [0.15, 0.2) is 65.8 Å². The highest BCUT2D eigenvalue weighted by atomic mass is 35.5. The number of hydrogen-bond acceptors (Lipinski definition) is 4. The van der Waals surface area contributed by atoms with Gasteiger partial charge in [0.05, 0.1) is 11.8 Å². The van der Waals surface area contributed by atoms with Crippen LogP contribution in [-0.2, 0) is 0 Å². The Morgan fingerprint density at radius 2 is 1.78 bits per heavy atom. The summed E-state index contributed by atoms with van der Waals surface area (Å²) in [6.07, 6.45) is 7.62. The van der Waals surface area contributed by atoms with E-state index in [1.165, 1.54) is 19.3 Å². The normalized spacial score (nSPS) is 14.4. The van der Waals surface area contributed by atoms with E-state index in [4.69, 9.17) is 28.6 Å². The first kappa shape index (κ1) is 22.2. The number of thiocarbonyl (C=S) groups is 1. The molecule has 2 N–H and O–H groups in total. The van der Waals surface area contributed by atoms with E-state index in [1.54, 1.807) is 36.5 Å². The van der Waals surface area contributed by atoms with Gasteiger partial charge in [0.15, 0.2) is 5.11 Å². The average Bonchev–Trinajstić information content (AvgIpc) is 2.81. The van der Waals surface area contributed by atoms with Gasteiger partial charge in [-0.3, -0.25) is 5.43 Å². The lowest BCUT2D eigenvalue weighted by atomic mass is 9.96. The summed E-state index contributed by atoms with van der Waals surface area (Å²) in [4.78, 5) is 12.7. The summed E-state index contributed by atoms with van der Waals surface area (Å²) in [5.41, 5.74) is 4.01. The predicted molar refractivity (Wildman–Crippen MR) is 134 cm³/mol. The van der Waals surface area contributed by atoms with Gasteiger partial charge < -0.3 is 10.1 Å². The topological polar surface area (TPSA) is 62.7 Å². The second kappa shape index (κ2) is 10.6. The molecule has 0 radical (unpaired) electrons. The van der Waals surface area contributed by atoms with Crippen molar-refractivity contribution in [2.24, 2.45) is 5.10 Å². The molecule has 4 rings (SSSR count). The summed E-state index contributed by atoms with van der Waals surface area (Å²) in [6.45, 7) is 0. The quantitative estimate of drug-likeness (QED) is 0.163. The van der Waals surface area contributed by atoms with Gasteiger partial charge in [-0.1, -0.05) is 61.2 Å². The minimum atomic E-state index is -0.464. The first-order chi connectivity index (χ1) is 15.6. The Balaban J connectivity index is 1.53. The maximum Gasteiger partial charge on any atom is 0.343 e. The highest BCUT2D eigenvalue weighted by Gasteiger charge is 2.15. The number of benzene rings is 3. The highest BCUT2D eigenvalue weighted by Crippen LogP contribution is 2.27. The fraction of sp³-hybridized carbons (Fsp3) is 0.240. The summed E-state index contributed by atoms with van der Waals surface area (Å²) < 4.78 is 5.71. The van der Waals surface area contributed by atoms with Crippen LogP contribution < -0.4 is 15.5 Å². The van der Waals surface area contributed by atoms with E-state index in [9.17, 15) is 4.79 Å². The van der Waals surface area contributed by atoms with E-state index >= 15 is 0 Å². The molecular formula is C25H24ClN3O2S. The number of nitrogens with zero attached hydrogens (tertiary/aromatic N) is 1. The van der Waals surface area contributed by atoms with Crippen LogP contribution in [0.25, 0.3) is 10.8 Å². The number of carbonyl (C=O) groups is 1. The molecule has 0 atom stereocenters. The molecule has 1 fully saturated rings. The lowest BCUT2D eigenvalue weighted by Crippen LogP contribution is -2.40. The Bertz CT molecular complexity index is 1140. The van der Waals surface area contributed by atoms with Crippen LogP contribution in [0.1, 0.15) is 48.0 Å². The number of esters is 1. The number of hydrogen-bond donors (Lipinski definition) is 2. The number of fused-ring (bicyclic) bond motifs is 1. The Morgan fingerprint density at radius 1 is 1.03 bits per heavy atom. The summed E-state index contributed by atoms with van der Waals surface area (Å²) in [7, 11) is 0. The number of halogens is 1.